The Morgan fingerprint density at radius 2 is 2.06 bits per heavy atom. The van der Waals surface area contributed by atoms with E-state index in [-0.39, 0.29) is 17.4 Å². The molecular weight excluding hydrogens is 404 g/mol. The molecule has 5 rings (SSSR count). The number of ether oxygens (including phenoxy) is 1. The number of nitrogens with two attached hydrogens (primary N) is 1. The molecule has 0 aliphatic carbocycles. The SMILES string of the molecule is Nc1nc(NN=Cc2ccc3ccccn23)nc2c1ncn2[C@@H]1O[C@H](CO)[C@@H](O)[C@H]1O. The lowest BCUT2D eigenvalue weighted by Gasteiger charge is -2.16. The number of nitrogens with one attached hydrogen (secondary N) is 1. The smallest absolute Gasteiger partial charge is 0.247 e. The Kier molecular flexibility index (Phi) is 4.75. The summed E-state index contributed by atoms with van der Waals surface area (Å²) >= 11 is 0. The highest BCUT2D eigenvalue weighted by atomic mass is 16.6. The van der Waals surface area contributed by atoms with Crippen LogP contribution >= 0.6 is 0 Å². The number of aromatic nitrogens is 5. The van der Waals surface area contributed by atoms with Crippen LogP contribution < -0.4 is 11.2 Å². The van der Waals surface area contributed by atoms with Crippen molar-refractivity contribution in [2.45, 2.75) is 24.5 Å². The van der Waals surface area contributed by atoms with E-state index in [1.807, 2.05) is 40.9 Å². The molecule has 6 N–H and O–H groups in total. The Labute approximate surface area is 175 Å². The molecule has 4 atom stereocenters. The lowest BCUT2D eigenvalue weighted by molar-refractivity contribution is -0.0511. The molecule has 12 nitrogen and oxygen atoms in total. The molecule has 0 amide bonds. The first-order chi connectivity index (χ1) is 15.1. The molecule has 0 saturated carbocycles. The number of hydrogen-bond donors (Lipinski definition) is 5. The summed E-state index contributed by atoms with van der Waals surface area (Å²) in [6.07, 6.45) is 0.506. The van der Waals surface area contributed by atoms with Crippen molar-refractivity contribution >= 4 is 34.7 Å². The van der Waals surface area contributed by atoms with Crippen LogP contribution in [-0.2, 0) is 4.74 Å². The normalized spacial score (nSPS) is 24.0. The number of aliphatic hydroxyl groups excluding tert-OH is 3. The van der Waals surface area contributed by atoms with Crippen LogP contribution in [0, 0.1) is 0 Å². The summed E-state index contributed by atoms with van der Waals surface area (Å²) in [4.78, 5) is 12.7. The van der Waals surface area contributed by atoms with Crippen molar-refractivity contribution < 1.29 is 20.1 Å². The second kappa shape index (κ2) is 7.59. The quantitative estimate of drug-likeness (QED) is 0.214. The summed E-state index contributed by atoms with van der Waals surface area (Å²) in [6, 6.07) is 9.77. The first-order valence-electron chi connectivity index (χ1n) is 9.54. The van der Waals surface area contributed by atoms with Gasteiger partial charge >= 0.3 is 0 Å². The highest BCUT2D eigenvalue weighted by molar-refractivity contribution is 5.83. The number of aliphatic hydroxyl groups is 3. The molecule has 0 spiro atoms. The molecule has 0 radical (unpaired) electrons. The van der Waals surface area contributed by atoms with Crippen molar-refractivity contribution in [1.29, 1.82) is 0 Å². The summed E-state index contributed by atoms with van der Waals surface area (Å²) in [5.41, 5.74) is 11.2. The van der Waals surface area contributed by atoms with Gasteiger partial charge in [-0.2, -0.15) is 15.1 Å². The lowest BCUT2D eigenvalue weighted by Crippen LogP contribution is -2.33. The summed E-state index contributed by atoms with van der Waals surface area (Å²) < 4.78 is 8.97. The minimum atomic E-state index is -1.28. The van der Waals surface area contributed by atoms with Crippen LogP contribution in [0.4, 0.5) is 11.8 Å². The van der Waals surface area contributed by atoms with E-state index in [0.717, 1.165) is 11.2 Å². The van der Waals surface area contributed by atoms with E-state index in [9.17, 15) is 15.3 Å². The van der Waals surface area contributed by atoms with Gasteiger partial charge in [0, 0.05) is 11.7 Å². The number of pyridine rings is 1. The number of imidazole rings is 1. The van der Waals surface area contributed by atoms with Crippen LogP contribution in [-0.4, -0.2) is 70.4 Å². The molecule has 4 aromatic heterocycles. The monoisotopic (exact) mass is 424 g/mol. The first kappa shape index (κ1) is 19.4. The third-order valence-electron chi connectivity index (χ3n) is 5.20. The Hall–Kier alpha value is -3.58. The van der Waals surface area contributed by atoms with Gasteiger partial charge in [-0.3, -0.25) is 4.57 Å². The van der Waals surface area contributed by atoms with Crippen LogP contribution in [0.2, 0.25) is 0 Å². The van der Waals surface area contributed by atoms with E-state index in [1.165, 1.54) is 10.9 Å². The number of anilines is 2. The number of nitrogens with zero attached hydrogens (tertiary/aromatic N) is 6. The third kappa shape index (κ3) is 3.27. The molecule has 0 aromatic carbocycles. The van der Waals surface area contributed by atoms with Crippen molar-refractivity contribution in [1.82, 2.24) is 23.9 Å². The van der Waals surface area contributed by atoms with Gasteiger partial charge in [0.1, 0.15) is 23.8 Å². The number of hydrazone groups is 1. The molecule has 1 fully saturated rings. The summed E-state index contributed by atoms with van der Waals surface area (Å²) in [6.45, 7) is -0.436. The molecular formula is C19H20N8O4. The number of hydrogen-bond acceptors (Lipinski definition) is 10. The maximum absolute atomic E-state index is 10.3. The van der Waals surface area contributed by atoms with E-state index < -0.39 is 31.1 Å². The molecule has 31 heavy (non-hydrogen) atoms. The van der Waals surface area contributed by atoms with Crippen molar-refractivity contribution in [3.05, 3.63) is 48.5 Å². The summed E-state index contributed by atoms with van der Waals surface area (Å²) in [5, 5.41) is 33.8. The second-order valence-corrected chi connectivity index (χ2v) is 7.11. The fraction of sp³-hybridized carbons (Fsp3) is 0.263. The van der Waals surface area contributed by atoms with Crippen LogP contribution in [0.25, 0.3) is 16.7 Å². The minimum Gasteiger partial charge on any atom is -0.394 e. The molecule has 0 unspecified atom stereocenters. The topological polar surface area (TPSA) is 168 Å². The van der Waals surface area contributed by atoms with Gasteiger partial charge in [0.25, 0.3) is 0 Å². The average molecular weight is 424 g/mol. The van der Waals surface area contributed by atoms with Gasteiger partial charge in [0.2, 0.25) is 5.95 Å². The Balaban J connectivity index is 1.43. The number of rotatable bonds is 5. The largest absolute Gasteiger partial charge is 0.394 e. The zero-order valence-electron chi connectivity index (χ0n) is 16.1. The second-order valence-electron chi connectivity index (χ2n) is 7.11. The number of fused-ring (bicyclic) bond motifs is 2. The Morgan fingerprint density at radius 3 is 2.87 bits per heavy atom. The summed E-state index contributed by atoms with van der Waals surface area (Å²) in [7, 11) is 0. The Bertz CT molecular complexity index is 1270. The van der Waals surface area contributed by atoms with E-state index in [1.54, 1.807) is 6.21 Å². The molecule has 1 saturated heterocycles. The van der Waals surface area contributed by atoms with Gasteiger partial charge in [-0.05, 0) is 24.3 Å². The van der Waals surface area contributed by atoms with Gasteiger partial charge in [0.05, 0.1) is 24.8 Å². The van der Waals surface area contributed by atoms with Crippen LogP contribution in [0.15, 0.2) is 48.0 Å². The minimum absolute atomic E-state index is 0.112. The first-order valence-corrected chi connectivity index (χ1v) is 9.54. The molecule has 160 valence electrons. The van der Waals surface area contributed by atoms with E-state index in [2.05, 4.69) is 25.5 Å². The van der Waals surface area contributed by atoms with E-state index in [4.69, 9.17) is 10.5 Å². The molecule has 0 bridgehead atoms. The zero-order valence-corrected chi connectivity index (χ0v) is 16.1. The third-order valence-corrected chi connectivity index (χ3v) is 5.20. The summed E-state index contributed by atoms with van der Waals surface area (Å²) in [5.74, 6) is 0.233. The van der Waals surface area contributed by atoms with Crippen LogP contribution in [0.1, 0.15) is 11.9 Å². The highest BCUT2D eigenvalue weighted by Crippen LogP contribution is 2.32. The predicted octanol–water partition coefficient (Wildman–Crippen LogP) is -0.281. The molecule has 1 aliphatic heterocycles. The average Bonchev–Trinajstić information content (AvgIpc) is 3.45. The lowest BCUT2D eigenvalue weighted by atomic mass is 10.1. The van der Waals surface area contributed by atoms with E-state index >= 15 is 0 Å². The maximum atomic E-state index is 10.3. The van der Waals surface area contributed by atoms with Crippen molar-refractivity contribution in [3.8, 4) is 0 Å². The van der Waals surface area contributed by atoms with Crippen molar-refractivity contribution in [2.75, 3.05) is 17.8 Å². The standard InChI is InChI=1S/C19H20N8O4/c20-16-13-17(27(9-21-13)18-15(30)14(29)12(8-28)31-18)24-19(23-16)25-22-7-11-5-4-10-3-1-2-6-26(10)11/h1-7,9,12,14-15,18,28-30H,8H2,(H3,20,23,24,25)/t12-,14-,15-,18-/m1/s1. The van der Waals surface area contributed by atoms with Gasteiger partial charge in [-0.15, -0.1) is 0 Å². The number of nitrogen functional groups attached to an aromatic ring is 1. The molecule has 12 heteroatoms. The molecule has 1 aliphatic rings. The zero-order chi connectivity index (χ0) is 21.5. The maximum Gasteiger partial charge on any atom is 0.247 e. The van der Waals surface area contributed by atoms with Gasteiger partial charge in [-0.1, -0.05) is 6.07 Å². The van der Waals surface area contributed by atoms with E-state index in [0.29, 0.717) is 5.52 Å². The highest BCUT2D eigenvalue weighted by Gasteiger charge is 2.44. The Morgan fingerprint density at radius 1 is 1.19 bits per heavy atom. The molecule has 4 aromatic rings. The fourth-order valence-electron chi connectivity index (χ4n) is 3.62. The van der Waals surface area contributed by atoms with Crippen LogP contribution in [0.3, 0.4) is 0 Å². The van der Waals surface area contributed by atoms with Gasteiger partial charge in [-0.25, -0.2) is 10.4 Å². The van der Waals surface area contributed by atoms with Gasteiger partial charge in [0.15, 0.2) is 17.7 Å². The van der Waals surface area contributed by atoms with Crippen molar-refractivity contribution in [3.63, 3.8) is 0 Å². The van der Waals surface area contributed by atoms with Crippen molar-refractivity contribution in [2.24, 2.45) is 5.10 Å². The van der Waals surface area contributed by atoms with Gasteiger partial charge < -0.3 is 30.2 Å². The predicted molar refractivity (Wildman–Crippen MR) is 111 cm³/mol. The fourth-order valence-corrected chi connectivity index (χ4v) is 3.62. The molecule has 5 heterocycles. The van der Waals surface area contributed by atoms with Crippen LogP contribution in [0.5, 0.6) is 0 Å².